The van der Waals surface area contributed by atoms with Crippen LogP contribution in [0.1, 0.15) is 49.7 Å². The van der Waals surface area contributed by atoms with Gasteiger partial charge in [0.25, 0.3) is 0 Å². The Bertz CT molecular complexity index is 435. The third-order valence-corrected chi connectivity index (χ3v) is 3.85. The molecule has 0 amide bonds. The van der Waals surface area contributed by atoms with Crippen LogP contribution in [0.2, 0.25) is 0 Å². The van der Waals surface area contributed by atoms with Gasteiger partial charge in [-0.25, -0.2) is 0 Å². The number of allylic oxidation sites excluding steroid dienone is 2. The molecule has 0 N–H and O–H groups in total. The molecule has 21 heavy (non-hydrogen) atoms. The molecule has 1 heteroatoms. The largest absolute Gasteiger partial charge is 0.378 e. The summed E-state index contributed by atoms with van der Waals surface area (Å²) in [6.07, 6.45) is 9.55. The lowest BCUT2D eigenvalue weighted by Crippen LogP contribution is -1.92. The molecule has 1 aliphatic rings. The Kier molecular flexibility index (Phi) is 8.45. The highest BCUT2D eigenvalue weighted by Gasteiger charge is 2.16. The summed E-state index contributed by atoms with van der Waals surface area (Å²) in [5.74, 6) is 0.788. The van der Waals surface area contributed by atoms with Crippen molar-refractivity contribution in [2.75, 3.05) is 13.2 Å². The Morgan fingerprint density at radius 3 is 2.38 bits per heavy atom. The fourth-order valence-electron chi connectivity index (χ4n) is 2.70. The van der Waals surface area contributed by atoms with Crippen molar-refractivity contribution in [1.82, 2.24) is 0 Å². The Morgan fingerprint density at radius 1 is 1.19 bits per heavy atom. The van der Waals surface area contributed by atoms with Crippen molar-refractivity contribution in [1.29, 1.82) is 0 Å². The van der Waals surface area contributed by atoms with Crippen LogP contribution in [0.15, 0.2) is 56.2 Å². The smallest absolute Gasteiger partial charge is 0.0650 e. The van der Waals surface area contributed by atoms with E-state index < -0.39 is 0 Å². The van der Waals surface area contributed by atoms with Crippen molar-refractivity contribution in [3.63, 3.8) is 0 Å². The number of benzene rings is 1. The summed E-state index contributed by atoms with van der Waals surface area (Å²) in [5.41, 5.74) is 3.75. The van der Waals surface area contributed by atoms with Gasteiger partial charge in [-0.05, 0) is 42.4 Å². The first-order valence-electron chi connectivity index (χ1n) is 7.84. The molecule has 0 unspecified atom stereocenters. The molecule has 0 spiro atoms. The molecule has 1 aliphatic carbocycles. The highest BCUT2D eigenvalue weighted by molar-refractivity contribution is 5.72. The Hall–Kier alpha value is -1.60. The van der Waals surface area contributed by atoms with Gasteiger partial charge in [0.15, 0.2) is 0 Å². The Morgan fingerprint density at radius 2 is 1.81 bits per heavy atom. The first kappa shape index (κ1) is 17.5. The van der Waals surface area contributed by atoms with E-state index in [2.05, 4.69) is 44.0 Å². The number of ether oxygens (including phenoxy) is 1. The van der Waals surface area contributed by atoms with Gasteiger partial charge in [-0.15, -0.1) is 13.2 Å². The van der Waals surface area contributed by atoms with Gasteiger partial charge in [0, 0.05) is 6.61 Å². The second-order valence-electron chi connectivity index (χ2n) is 5.19. The minimum atomic E-state index is 0.662. The average Bonchev–Trinajstić information content (AvgIpc) is 3.08. The van der Waals surface area contributed by atoms with Gasteiger partial charge in [-0.2, -0.15) is 0 Å². The topological polar surface area (TPSA) is 9.23 Å². The monoisotopic (exact) mass is 284 g/mol. The van der Waals surface area contributed by atoms with Crippen LogP contribution in [0.4, 0.5) is 0 Å². The number of hydrogen-bond donors (Lipinski definition) is 0. The van der Waals surface area contributed by atoms with Gasteiger partial charge in [-0.3, -0.25) is 0 Å². The fraction of sp³-hybridized carbons (Fsp3) is 0.400. The van der Waals surface area contributed by atoms with E-state index in [-0.39, 0.29) is 0 Å². The van der Waals surface area contributed by atoms with E-state index in [1.807, 2.05) is 19.1 Å². The molecule has 0 radical (unpaired) electrons. The number of rotatable bonds is 6. The molecule has 0 aliphatic heterocycles. The molecule has 0 saturated heterocycles. The van der Waals surface area contributed by atoms with Gasteiger partial charge >= 0.3 is 0 Å². The molecule has 1 aromatic carbocycles. The molecular weight excluding hydrogens is 256 g/mol. The molecule has 1 aromatic rings. The van der Waals surface area contributed by atoms with Crippen molar-refractivity contribution in [2.45, 2.75) is 38.5 Å². The first-order chi connectivity index (χ1) is 10.3. The van der Waals surface area contributed by atoms with E-state index in [0.717, 1.165) is 18.1 Å². The lowest BCUT2D eigenvalue weighted by molar-refractivity contribution is 0.177. The van der Waals surface area contributed by atoms with E-state index in [9.17, 15) is 0 Å². The fourth-order valence-corrected chi connectivity index (χ4v) is 2.70. The SMILES string of the molecule is C=C.C=C(/C=C\COCC)c1ccc(C2CCCC2)cc1. The zero-order valence-electron chi connectivity index (χ0n) is 13.3. The average molecular weight is 284 g/mol. The van der Waals surface area contributed by atoms with E-state index in [1.54, 1.807) is 0 Å². The molecule has 0 bridgehead atoms. The van der Waals surface area contributed by atoms with Crippen LogP contribution in [0.3, 0.4) is 0 Å². The Labute approximate surface area is 130 Å². The zero-order valence-corrected chi connectivity index (χ0v) is 13.3. The van der Waals surface area contributed by atoms with Crippen LogP contribution in [0.25, 0.3) is 5.57 Å². The third-order valence-electron chi connectivity index (χ3n) is 3.85. The summed E-state index contributed by atoms with van der Waals surface area (Å²) in [7, 11) is 0. The van der Waals surface area contributed by atoms with Crippen molar-refractivity contribution in [3.05, 3.63) is 67.3 Å². The Balaban J connectivity index is 0.00000106. The minimum absolute atomic E-state index is 0.662. The van der Waals surface area contributed by atoms with E-state index in [4.69, 9.17) is 4.74 Å². The van der Waals surface area contributed by atoms with Crippen LogP contribution in [-0.2, 0) is 4.74 Å². The zero-order chi connectivity index (χ0) is 15.5. The summed E-state index contributed by atoms with van der Waals surface area (Å²) < 4.78 is 5.28. The van der Waals surface area contributed by atoms with Crippen LogP contribution in [-0.4, -0.2) is 13.2 Å². The first-order valence-corrected chi connectivity index (χ1v) is 7.84. The van der Waals surface area contributed by atoms with Crippen LogP contribution in [0, 0.1) is 0 Å². The van der Waals surface area contributed by atoms with Crippen molar-refractivity contribution in [2.24, 2.45) is 0 Å². The molecule has 1 fully saturated rings. The molecule has 0 aromatic heterocycles. The quantitative estimate of drug-likeness (QED) is 0.367. The lowest BCUT2D eigenvalue weighted by Gasteiger charge is -2.10. The summed E-state index contributed by atoms with van der Waals surface area (Å²) in [5, 5.41) is 0. The van der Waals surface area contributed by atoms with Gasteiger partial charge in [0.1, 0.15) is 0 Å². The third kappa shape index (κ3) is 5.73. The maximum Gasteiger partial charge on any atom is 0.0650 e. The summed E-state index contributed by atoms with van der Waals surface area (Å²) in [6.45, 7) is 13.5. The second-order valence-corrected chi connectivity index (χ2v) is 5.19. The molecule has 1 saturated carbocycles. The molecule has 1 nitrogen and oxygen atoms in total. The molecule has 114 valence electrons. The van der Waals surface area contributed by atoms with E-state index >= 15 is 0 Å². The van der Waals surface area contributed by atoms with E-state index in [1.165, 1.54) is 36.8 Å². The predicted molar refractivity (Wildman–Crippen MR) is 93.6 cm³/mol. The van der Waals surface area contributed by atoms with E-state index in [0.29, 0.717) is 6.61 Å². The second kappa shape index (κ2) is 10.2. The van der Waals surface area contributed by atoms with Crippen LogP contribution >= 0.6 is 0 Å². The molecule has 0 atom stereocenters. The van der Waals surface area contributed by atoms with Gasteiger partial charge in [0.2, 0.25) is 0 Å². The molecule has 2 rings (SSSR count). The van der Waals surface area contributed by atoms with Gasteiger partial charge < -0.3 is 4.74 Å². The summed E-state index contributed by atoms with van der Waals surface area (Å²) in [6, 6.07) is 8.93. The normalized spacial score (nSPS) is 14.9. The highest BCUT2D eigenvalue weighted by Crippen LogP contribution is 2.34. The minimum Gasteiger partial charge on any atom is -0.378 e. The van der Waals surface area contributed by atoms with Crippen molar-refractivity contribution < 1.29 is 4.74 Å². The predicted octanol–water partition coefficient (Wildman–Crippen LogP) is 5.75. The van der Waals surface area contributed by atoms with Crippen molar-refractivity contribution >= 4 is 5.57 Å². The molecule has 0 heterocycles. The molecular formula is C20H28O. The lowest BCUT2D eigenvalue weighted by atomic mass is 9.95. The van der Waals surface area contributed by atoms with Crippen molar-refractivity contribution in [3.8, 4) is 0 Å². The summed E-state index contributed by atoms with van der Waals surface area (Å²) in [4.78, 5) is 0. The van der Waals surface area contributed by atoms with Gasteiger partial charge in [-0.1, -0.05) is 55.8 Å². The highest BCUT2D eigenvalue weighted by atomic mass is 16.5. The standard InChI is InChI=1S/C18H24O.C2H4/c1-3-19-14-6-7-15(2)16-10-12-18(13-11-16)17-8-4-5-9-17;1-2/h6-7,10-13,17H,2-5,8-9,14H2,1H3;1-2H2/b7-6-;. The number of hydrogen-bond acceptors (Lipinski definition) is 1. The maximum atomic E-state index is 5.28. The van der Waals surface area contributed by atoms with Crippen LogP contribution < -0.4 is 0 Å². The van der Waals surface area contributed by atoms with Crippen LogP contribution in [0.5, 0.6) is 0 Å². The summed E-state index contributed by atoms with van der Waals surface area (Å²) >= 11 is 0. The maximum absolute atomic E-state index is 5.28. The van der Waals surface area contributed by atoms with Gasteiger partial charge in [0.05, 0.1) is 6.61 Å².